The van der Waals surface area contributed by atoms with Gasteiger partial charge in [0.1, 0.15) is 6.17 Å². The summed E-state index contributed by atoms with van der Waals surface area (Å²) in [4.78, 5) is 0. The molecule has 0 aliphatic heterocycles. The van der Waals surface area contributed by atoms with Gasteiger partial charge in [0.15, 0.2) is 0 Å². The highest BCUT2D eigenvalue weighted by molar-refractivity contribution is 6.21. The zero-order valence-corrected chi connectivity index (χ0v) is 6.03. The number of alkyl halides is 2. The molecule has 0 aromatic rings. The minimum atomic E-state index is -1.03. The molecule has 0 aromatic carbocycles. The fourth-order valence-corrected chi connectivity index (χ4v) is 1.60. The lowest BCUT2D eigenvalue weighted by Crippen LogP contribution is -2.19. The first-order valence-electron chi connectivity index (χ1n) is 3.02. The molecule has 1 rings (SSSR count). The lowest BCUT2D eigenvalue weighted by atomic mass is 10.1. The average molecular weight is 153 g/mol. The van der Waals surface area contributed by atoms with E-state index in [9.17, 15) is 9.50 Å². The summed E-state index contributed by atoms with van der Waals surface area (Å²) in [6.07, 6.45) is -0.474. The first-order valence-corrected chi connectivity index (χ1v) is 3.45. The van der Waals surface area contributed by atoms with Crippen LogP contribution in [-0.4, -0.2) is 22.3 Å². The molecule has 0 aromatic heterocycles. The van der Waals surface area contributed by atoms with E-state index in [0.717, 1.165) is 0 Å². The fraction of sp³-hybridized carbons (Fsp3) is 1.00. The minimum Gasteiger partial charge on any atom is -0.390 e. The quantitative estimate of drug-likeness (QED) is 0.522. The average Bonchev–Trinajstić information content (AvgIpc) is 1.79. The van der Waals surface area contributed by atoms with E-state index in [-0.39, 0.29) is 6.42 Å². The van der Waals surface area contributed by atoms with E-state index in [1.54, 1.807) is 6.92 Å². The maximum Gasteiger partial charge on any atom is 0.119 e. The van der Waals surface area contributed by atoms with Crippen molar-refractivity contribution in [3.05, 3.63) is 0 Å². The number of halogens is 2. The van der Waals surface area contributed by atoms with Gasteiger partial charge in [-0.1, -0.05) is 0 Å². The molecular weight excluding hydrogens is 143 g/mol. The predicted octanol–water partition coefficient (Wildman–Crippen LogP) is 1.48. The zero-order valence-electron chi connectivity index (χ0n) is 5.27. The van der Waals surface area contributed by atoms with Crippen LogP contribution in [-0.2, 0) is 0 Å². The molecule has 1 fully saturated rings. The smallest absolute Gasteiger partial charge is 0.119 e. The maximum absolute atomic E-state index is 12.5. The van der Waals surface area contributed by atoms with Crippen molar-refractivity contribution in [3.63, 3.8) is 0 Å². The van der Waals surface area contributed by atoms with Crippen LogP contribution < -0.4 is 0 Å². The van der Waals surface area contributed by atoms with Gasteiger partial charge in [0.05, 0.1) is 11.0 Å². The number of hydrogen-bond donors (Lipinski definition) is 1. The van der Waals surface area contributed by atoms with Crippen LogP contribution in [0.2, 0.25) is 0 Å². The van der Waals surface area contributed by atoms with Gasteiger partial charge in [0, 0.05) is 6.42 Å². The lowest BCUT2D eigenvalue weighted by Gasteiger charge is -2.12. The highest BCUT2D eigenvalue weighted by Crippen LogP contribution is 2.34. The molecular formula is C6H10ClFO. The second kappa shape index (κ2) is 2.10. The van der Waals surface area contributed by atoms with E-state index in [4.69, 9.17) is 11.6 Å². The third-order valence-corrected chi connectivity index (χ3v) is 2.09. The summed E-state index contributed by atoms with van der Waals surface area (Å²) in [6, 6.07) is 0. The topological polar surface area (TPSA) is 20.2 Å². The van der Waals surface area contributed by atoms with E-state index in [1.165, 1.54) is 0 Å². The summed E-state index contributed by atoms with van der Waals surface area (Å²) >= 11 is 5.51. The van der Waals surface area contributed by atoms with Gasteiger partial charge in [-0.05, 0) is 13.3 Å². The monoisotopic (exact) mass is 152 g/mol. The Labute approximate surface area is 58.8 Å². The van der Waals surface area contributed by atoms with Gasteiger partial charge >= 0.3 is 0 Å². The number of hydrogen-bond acceptors (Lipinski definition) is 1. The van der Waals surface area contributed by atoms with Crippen LogP contribution in [0.1, 0.15) is 19.8 Å². The summed E-state index contributed by atoms with van der Waals surface area (Å²) < 4.78 is 12.5. The third kappa shape index (κ3) is 1.55. The Morgan fingerprint density at radius 2 is 2.22 bits per heavy atom. The van der Waals surface area contributed by atoms with Crippen LogP contribution in [0.5, 0.6) is 0 Å². The van der Waals surface area contributed by atoms with Crippen LogP contribution in [0.15, 0.2) is 0 Å². The standard InChI is InChI=1S/C6H10ClFO/c1-6(9)2-4(7)5(8)3-6/h4-5,9H,2-3H2,1H3. The normalized spacial score (nSPS) is 52.0. The molecule has 1 saturated carbocycles. The molecule has 1 N–H and O–H groups in total. The molecule has 1 aliphatic carbocycles. The number of rotatable bonds is 0. The predicted molar refractivity (Wildman–Crippen MR) is 34.4 cm³/mol. The molecule has 0 heterocycles. The summed E-state index contributed by atoms with van der Waals surface area (Å²) in [5.41, 5.74) is -0.869. The third-order valence-electron chi connectivity index (χ3n) is 1.66. The van der Waals surface area contributed by atoms with Crippen LogP contribution in [0.3, 0.4) is 0 Å². The van der Waals surface area contributed by atoms with E-state index >= 15 is 0 Å². The second-order valence-electron chi connectivity index (χ2n) is 2.94. The maximum atomic E-state index is 12.5. The highest BCUT2D eigenvalue weighted by Gasteiger charge is 2.40. The van der Waals surface area contributed by atoms with E-state index in [0.29, 0.717) is 6.42 Å². The molecule has 0 bridgehead atoms. The minimum absolute atomic E-state index is 0.182. The van der Waals surface area contributed by atoms with Crippen LogP contribution in [0.4, 0.5) is 4.39 Å². The Hall–Kier alpha value is 0.180. The van der Waals surface area contributed by atoms with Crippen molar-refractivity contribution in [2.45, 2.75) is 36.9 Å². The molecule has 3 unspecified atom stereocenters. The first-order chi connectivity index (χ1) is 4.01. The largest absolute Gasteiger partial charge is 0.390 e. The van der Waals surface area contributed by atoms with E-state index in [2.05, 4.69) is 0 Å². The second-order valence-corrected chi connectivity index (χ2v) is 3.50. The van der Waals surface area contributed by atoms with Crippen molar-refractivity contribution >= 4 is 11.6 Å². The van der Waals surface area contributed by atoms with Gasteiger partial charge in [0.25, 0.3) is 0 Å². The van der Waals surface area contributed by atoms with E-state index in [1.807, 2.05) is 0 Å². The summed E-state index contributed by atoms with van der Waals surface area (Å²) in [5, 5.41) is 8.72. The van der Waals surface area contributed by atoms with Gasteiger partial charge in [-0.3, -0.25) is 0 Å². The molecule has 3 heteroatoms. The van der Waals surface area contributed by atoms with Gasteiger partial charge in [-0.25, -0.2) is 4.39 Å². The fourth-order valence-electron chi connectivity index (χ4n) is 1.18. The Kier molecular flexibility index (Phi) is 1.70. The molecule has 9 heavy (non-hydrogen) atoms. The van der Waals surface area contributed by atoms with Gasteiger partial charge in [-0.2, -0.15) is 0 Å². The molecule has 0 saturated heterocycles. The lowest BCUT2D eigenvalue weighted by molar-refractivity contribution is 0.0610. The van der Waals surface area contributed by atoms with Crippen molar-refractivity contribution in [2.24, 2.45) is 0 Å². The van der Waals surface area contributed by atoms with Crippen LogP contribution in [0, 0.1) is 0 Å². The van der Waals surface area contributed by atoms with Crippen molar-refractivity contribution in [1.29, 1.82) is 0 Å². The van der Waals surface area contributed by atoms with Crippen molar-refractivity contribution in [2.75, 3.05) is 0 Å². The van der Waals surface area contributed by atoms with Crippen LogP contribution >= 0.6 is 11.6 Å². The summed E-state index contributed by atoms with van der Waals surface area (Å²) in [6.45, 7) is 1.61. The van der Waals surface area contributed by atoms with Crippen molar-refractivity contribution in [1.82, 2.24) is 0 Å². The van der Waals surface area contributed by atoms with Gasteiger partial charge < -0.3 is 5.11 Å². The van der Waals surface area contributed by atoms with Crippen molar-refractivity contribution in [3.8, 4) is 0 Å². The van der Waals surface area contributed by atoms with Crippen LogP contribution in [0.25, 0.3) is 0 Å². The SMILES string of the molecule is CC1(O)CC(F)C(Cl)C1. The van der Waals surface area contributed by atoms with Gasteiger partial charge in [0.2, 0.25) is 0 Å². The van der Waals surface area contributed by atoms with Crippen molar-refractivity contribution < 1.29 is 9.50 Å². The molecule has 0 spiro atoms. The molecule has 1 nitrogen and oxygen atoms in total. The Morgan fingerprint density at radius 1 is 1.67 bits per heavy atom. The highest BCUT2D eigenvalue weighted by atomic mass is 35.5. The molecule has 0 amide bonds. The molecule has 0 radical (unpaired) electrons. The molecule has 1 aliphatic rings. The Balaban J connectivity index is 2.54. The van der Waals surface area contributed by atoms with E-state index < -0.39 is 17.1 Å². The zero-order chi connectivity index (χ0) is 7.07. The van der Waals surface area contributed by atoms with Gasteiger partial charge in [-0.15, -0.1) is 11.6 Å². The Morgan fingerprint density at radius 3 is 2.33 bits per heavy atom. The molecule has 3 atom stereocenters. The first kappa shape index (κ1) is 7.29. The Bertz CT molecular complexity index is 104. The molecule has 54 valence electrons. The summed E-state index contributed by atoms with van der Waals surface area (Å²) in [5.74, 6) is 0. The number of aliphatic hydroxyl groups is 1. The summed E-state index contributed by atoms with van der Waals surface area (Å²) in [7, 11) is 0.